The van der Waals surface area contributed by atoms with Crippen LogP contribution in [0, 0.1) is 0 Å². The number of nitrogen functional groups attached to an aromatic ring is 1. The Morgan fingerprint density at radius 2 is 2.05 bits per heavy atom. The van der Waals surface area contributed by atoms with Crippen LogP contribution in [0.2, 0.25) is 0 Å². The molecule has 0 fully saturated rings. The van der Waals surface area contributed by atoms with Crippen LogP contribution in [0.25, 0.3) is 0 Å². The van der Waals surface area contributed by atoms with Crippen LogP contribution < -0.4 is 10.5 Å². The molecule has 5 nitrogen and oxygen atoms in total. The van der Waals surface area contributed by atoms with Crippen molar-refractivity contribution < 1.29 is 9.15 Å². The predicted molar refractivity (Wildman–Crippen MR) is 80.0 cm³/mol. The van der Waals surface area contributed by atoms with Gasteiger partial charge in [0.1, 0.15) is 5.75 Å². The maximum atomic E-state index is 5.94. The molecule has 2 N–H and O–H groups in total. The molecule has 0 aliphatic carbocycles. The molecule has 2 aromatic rings. The first-order chi connectivity index (χ1) is 9.40. The summed E-state index contributed by atoms with van der Waals surface area (Å²) in [6.45, 7) is 6.12. The second-order valence-electron chi connectivity index (χ2n) is 5.44. The van der Waals surface area contributed by atoms with E-state index < -0.39 is 0 Å². The molecule has 0 amide bonds. The van der Waals surface area contributed by atoms with Crippen LogP contribution in [0.15, 0.2) is 27.5 Å². The molecule has 108 valence electrons. The highest BCUT2D eigenvalue weighted by atomic mass is 32.2. The van der Waals surface area contributed by atoms with Gasteiger partial charge in [-0.15, -0.1) is 22.0 Å². The molecule has 6 heteroatoms. The van der Waals surface area contributed by atoms with Crippen LogP contribution in [0.3, 0.4) is 0 Å². The largest absolute Gasteiger partial charge is 0.497 e. The molecule has 0 radical (unpaired) electrons. The highest BCUT2D eigenvalue weighted by molar-refractivity contribution is 7.98. The highest BCUT2D eigenvalue weighted by Crippen LogP contribution is 2.31. The Bertz CT molecular complexity index is 590. The average molecular weight is 293 g/mol. The molecule has 1 aromatic carbocycles. The van der Waals surface area contributed by atoms with Gasteiger partial charge in [-0.05, 0) is 18.2 Å². The maximum Gasteiger partial charge on any atom is 0.226 e. The van der Waals surface area contributed by atoms with Gasteiger partial charge in [0.05, 0.1) is 12.9 Å². The summed E-state index contributed by atoms with van der Waals surface area (Å²) in [6.07, 6.45) is 0. The number of rotatable bonds is 4. The Kier molecular flexibility index (Phi) is 4.23. The number of benzene rings is 1. The van der Waals surface area contributed by atoms with Crippen LogP contribution in [0.5, 0.6) is 5.75 Å². The summed E-state index contributed by atoms with van der Waals surface area (Å²) < 4.78 is 10.8. The summed E-state index contributed by atoms with van der Waals surface area (Å²) in [6, 6.07) is 5.57. The zero-order valence-electron chi connectivity index (χ0n) is 12.1. The number of hydrogen-bond donors (Lipinski definition) is 1. The molecule has 1 aromatic heterocycles. The van der Waals surface area contributed by atoms with E-state index in [0.29, 0.717) is 23.2 Å². The normalized spacial score (nSPS) is 11.6. The van der Waals surface area contributed by atoms with Gasteiger partial charge in [0, 0.05) is 16.0 Å². The van der Waals surface area contributed by atoms with Crippen molar-refractivity contribution in [2.75, 3.05) is 12.8 Å². The number of nitrogens with zero attached hydrogens (tertiary/aromatic N) is 2. The van der Waals surface area contributed by atoms with E-state index in [4.69, 9.17) is 14.9 Å². The molecule has 0 aliphatic rings. The number of hydrogen-bond acceptors (Lipinski definition) is 6. The zero-order valence-corrected chi connectivity index (χ0v) is 13.0. The minimum absolute atomic E-state index is 0.134. The topological polar surface area (TPSA) is 74.2 Å². The smallest absolute Gasteiger partial charge is 0.226 e. The fraction of sp³-hybridized carbons (Fsp3) is 0.429. The van der Waals surface area contributed by atoms with Crippen LogP contribution in [0.1, 0.15) is 32.6 Å². The predicted octanol–water partition coefficient (Wildman–Crippen LogP) is 3.25. The summed E-state index contributed by atoms with van der Waals surface area (Å²) in [4.78, 5) is 0.944. The van der Waals surface area contributed by atoms with Gasteiger partial charge < -0.3 is 14.9 Å². The standard InChI is InChI=1S/C14H19N3O2S/c1-14(2,3)13-17-16-12(19-13)8-20-11-7-9(18-4)5-6-10(11)15/h5-7H,8,15H2,1-4H3. The second-order valence-corrected chi connectivity index (χ2v) is 6.46. The van der Waals surface area contributed by atoms with E-state index in [1.54, 1.807) is 18.9 Å². The Balaban J connectivity index is 2.07. The zero-order chi connectivity index (χ0) is 14.8. The van der Waals surface area contributed by atoms with Crippen molar-refractivity contribution in [1.29, 1.82) is 0 Å². The van der Waals surface area contributed by atoms with Crippen molar-refractivity contribution in [3.63, 3.8) is 0 Å². The summed E-state index contributed by atoms with van der Waals surface area (Å²) >= 11 is 1.55. The van der Waals surface area contributed by atoms with Gasteiger partial charge >= 0.3 is 0 Å². The van der Waals surface area contributed by atoms with Crippen molar-refractivity contribution in [3.05, 3.63) is 30.0 Å². The lowest BCUT2D eigenvalue weighted by Crippen LogP contribution is -2.11. The molecular weight excluding hydrogens is 274 g/mol. The molecule has 0 spiro atoms. The summed E-state index contributed by atoms with van der Waals surface area (Å²) in [5.74, 6) is 2.61. The highest BCUT2D eigenvalue weighted by Gasteiger charge is 2.21. The Morgan fingerprint density at radius 1 is 1.30 bits per heavy atom. The van der Waals surface area contributed by atoms with Gasteiger partial charge in [-0.25, -0.2) is 0 Å². The quantitative estimate of drug-likeness (QED) is 0.689. The minimum Gasteiger partial charge on any atom is -0.497 e. The van der Waals surface area contributed by atoms with Gasteiger partial charge in [0.15, 0.2) is 0 Å². The van der Waals surface area contributed by atoms with Gasteiger partial charge in [-0.1, -0.05) is 20.8 Å². The summed E-state index contributed by atoms with van der Waals surface area (Å²) in [5.41, 5.74) is 6.52. The summed E-state index contributed by atoms with van der Waals surface area (Å²) in [5, 5.41) is 8.13. The Morgan fingerprint density at radius 3 is 2.65 bits per heavy atom. The van der Waals surface area contributed by atoms with E-state index in [1.807, 2.05) is 39.0 Å². The van der Waals surface area contributed by atoms with Gasteiger partial charge in [-0.2, -0.15) is 0 Å². The van der Waals surface area contributed by atoms with E-state index in [-0.39, 0.29) is 5.41 Å². The lowest BCUT2D eigenvalue weighted by Gasteiger charge is -2.11. The van der Waals surface area contributed by atoms with Crippen molar-refractivity contribution >= 4 is 17.4 Å². The first kappa shape index (κ1) is 14.7. The molecule has 0 bridgehead atoms. The molecule has 0 saturated carbocycles. The van der Waals surface area contributed by atoms with Crippen molar-refractivity contribution in [1.82, 2.24) is 10.2 Å². The van der Waals surface area contributed by atoms with Gasteiger partial charge in [0.25, 0.3) is 0 Å². The molecule has 20 heavy (non-hydrogen) atoms. The number of thioether (sulfide) groups is 1. The minimum atomic E-state index is -0.134. The SMILES string of the molecule is COc1ccc(N)c(SCc2nnc(C(C)(C)C)o2)c1. The average Bonchev–Trinajstić information content (AvgIpc) is 2.86. The number of nitrogens with two attached hydrogens (primary N) is 1. The van der Waals surface area contributed by atoms with Crippen LogP contribution in [-0.4, -0.2) is 17.3 Å². The third kappa shape index (κ3) is 3.45. The van der Waals surface area contributed by atoms with E-state index in [2.05, 4.69) is 10.2 Å². The van der Waals surface area contributed by atoms with Crippen molar-refractivity contribution in [2.24, 2.45) is 0 Å². The Labute approximate surface area is 122 Å². The van der Waals surface area contributed by atoms with Crippen molar-refractivity contribution in [2.45, 2.75) is 36.8 Å². The third-order valence-electron chi connectivity index (χ3n) is 2.68. The summed E-state index contributed by atoms with van der Waals surface area (Å²) in [7, 11) is 1.63. The maximum absolute atomic E-state index is 5.94. The molecule has 0 atom stereocenters. The van der Waals surface area contributed by atoms with E-state index in [0.717, 1.165) is 10.6 Å². The lowest BCUT2D eigenvalue weighted by molar-refractivity contribution is 0.378. The van der Waals surface area contributed by atoms with Crippen molar-refractivity contribution in [3.8, 4) is 5.75 Å². The fourth-order valence-electron chi connectivity index (χ4n) is 1.52. The molecular formula is C14H19N3O2S. The number of aromatic nitrogens is 2. The number of ether oxygens (including phenoxy) is 1. The Hall–Kier alpha value is -1.69. The van der Waals surface area contributed by atoms with E-state index >= 15 is 0 Å². The molecule has 0 unspecified atom stereocenters. The fourth-order valence-corrected chi connectivity index (χ4v) is 2.35. The monoisotopic (exact) mass is 293 g/mol. The van der Waals surface area contributed by atoms with E-state index in [1.165, 1.54) is 0 Å². The van der Waals surface area contributed by atoms with E-state index in [9.17, 15) is 0 Å². The molecule has 2 rings (SSSR count). The first-order valence-electron chi connectivity index (χ1n) is 6.29. The number of methoxy groups -OCH3 is 1. The van der Waals surface area contributed by atoms with Crippen LogP contribution in [0.4, 0.5) is 5.69 Å². The van der Waals surface area contributed by atoms with Crippen LogP contribution >= 0.6 is 11.8 Å². The second kappa shape index (κ2) is 5.75. The lowest BCUT2D eigenvalue weighted by atomic mass is 9.97. The van der Waals surface area contributed by atoms with Gasteiger partial charge in [-0.3, -0.25) is 0 Å². The van der Waals surface area contributed by atoms with Gasteiger partial charge in [0.2, 0.25) is 11.8 Å². The van der Waals surface area contributed by atoms with Crippen LogP contribution in [-0.2, 0) is 11.2 Å². The molecule has 0 saturated heterocycles. The molecule has 1 heterocycles. The molecule has 0 aliphatic heterocycles. The first-order valence-corrected chi connectivity index (χ1v) is 7.28. The number of anilines is 1. The third-order valence-corrected chi connectivity index (χ3v) is 3.74.